The van der Waals surface area contributed by atoms with Crippen molar-refractivity contribution in [1.82, 2.24) is 4.90 Å². The quantitative estimate of drug-likeness (QED) is 0.497. The van der Waals surface area contributed by atoms with Gasteiger partial charge in [0.2, 0.25) is 0 Å². The Bertz CT molecular complexity index is 1040. The second kappa shape index (κ2) is 6.14. The zero-order chi connectivity index (χ0) is 16.1. The fourth-order valence-corrected chi connectivity index (χ4v) is 3.50. The Morgan fingerprint density at radius 1 is 1.04 bits per heavy atom. The molecule has 3 heterocycles. The molecule has 0 radical (unpaired) electrons. The number of hydrogen-bond acceptors (Lipinski definition) is 4. The number of ether oxygens (including phenoxy) is 1. The molecule has 1 aliphatic heterocycles. The predicted molar refractivity (Wildman–Crippen MR) is 99.4 cm³/mol. The van der Waals surface area contributed by atoms with Gasteiger partial charge in [-0.15, -0.1) is 12.4 Å². The average Bonchev–Trinajstić information content (AvgIpc) is 3.19. The standard InChI is InChI=1S/C20H17NO3.ClH/c1-21-11-19-15(8-9-22-19)20(12-21)23-13-6-7-18-16(10-13)14-4-2-3-5-17(14)24-18;/h2-10,20H,11-12H2,1H3;1H. The molecule has 0 spiro atoms. The predicted octanol–water partition coefficient (Wildman–Crippen LogP) is 5.17. The molecule has 0 saturated heterocycles. The third-order valence-corrected chi connectivity index (χ3v) is 4.64. The van der Waals surface area contributed by atoms with Crippen molar-refractivity contribution < 1.29 is 13.6 Å². The van der Waals surface area contributed by atoms with Crippen LogP contribution in [0, 0.1) is 0 Å². The Hall–Kier alpha value is -2.43. The van der Waals surface area contributed by atoms with Gasteiger partial charge in [-0.1, -0.05) is 18.2 Å². The molecule has 4 nitrogen and oxygen atoms in total. The lowest BCUT2D eigenvalue weighted by atomic mass is 10.1. The summed E-state index contributed by atoms with van der Waals surface area (Å²) in [4.78, 5) is 2.21. The van der Waals surface area contributed by atoms with Crippen LogP contribution in [0.25, 0.3) is 21.9 Å². The first-order valence-electron chi connectivity index (χ1n) is 8.11. The van der Waals surface area contributed by atoms with Gasteiger partial charge in [-0.3, -0.25) is 4.90 Å². The van der Waals surface area contributed by atoms with Crippen molar-refractivity contribution in [3.05, 3.63) is 66.1 Å². The molecule has 1 atom stereocenters. The highest BCUT2D eigenvalue weighted by Gasteiger charge is 2.27. The van der Waals surface area contributed by atoms with Gasteiger partial charge in [0.05, 0.1) is 12.8 Å². The monoisotopic (exact) mass is 355 g/mol. The van der Waals surface area contributed by atoms with E-state index in [9.17, 15) is 0 Å². The van der Waals surface area contributed by atoms with Gasteiger partial charge in [0.25, 0.3) is 0 Å². The molecule has 5 heteroatoms. The van der Waals surface area contributed by atoms with Crippen LogP contribution in [-0.4, -0.2) is 18.5 Å². The molecule has 0 N–H and O–H groups in total. The van der Waals surface area contributed by atoms with Crippen molar-refractivity contribution in [1.29, 1.82) is 0 Å². The molecule has 0 amide bonds. The van der Waals surface area contributed by atoms with E-state index in [2.05, 4.69) is 24.1 Å². The maximum Gasteiger partial charge on any atom is 0.140 e. The van der Waals surface area contributed by atoms with Crippen LogP contribution in [0.5, 0.6) is 5.75 Å². The summed E-state index contributed by atoms with van der Waals surface area (Å²) in [7, 11) is 2.08. The van der Waals surface area contributed by atoms with E-state index in [4.69, 9.17) is 13.6 Å². The van der Waals surface area contributed by atoms with Crippen LogP contribution in [0.15, 0.2) is 63.6 Å². The largest absolute Gasteiger partial charge is 0.484 e. The molecular formula is C20H18ClNO3. The van der Waals surface area contributed by atoms with Crippen molar-refractivity contribution in [2.24, 2.45) is 0 Å². The average molecular weight is 356 g/mol. The van der Waals surface area contributed by atoms with Gasteiger partial charge >= 0.3 is 0 Å². The Labute approximate surface area is 151 Å². The number of hydrogen-bond donors (Lipinski definition) is 0. The fourth-order valence-electron chi connectivity index (χ4n) is 3.50. The van der Waals surface area contributed by atoms with Crippen molar-refractivity contribution >= 4 is 34.3 Å². The number of fused-ring (bicyclic) bond motifs is 4. The van der Waals surface area contributed by atoms with E-state index in [-0.39, 0.29) is 18.5 Å². The lowest BCUT2D eigenvalue weighted by Gasteiger charge is -2.29. The highest BCUT2D eigenvalue weighted by atomic mass is 35.5. The number of para-hydroxylation sites is 1. The third kappa shape index (κ3) is 2.68. The molecule has 2 aromatic carbocycles. The molecule has 5 rings (SSSR count). The van der Waals surface area contributed by atoms with E-state index in [0.717, 1.165) is 52.1 Å². The van der Waals surface area contributed by atoms with Gasteiger partial charge < -0.3 is 13.6 Å². The number of rotatable bonds is 2. The summed E-state index contributed by atoms with van der Waals surface area (Å²) >= 11 is 0. The summed E-state index contributed by atoms with van der Waals surface area (Å²) in [5.74, 6) is 1.84. The number of halogens is 1. The van der Waals surface area contributed by atoms with E-state index in [0.29, 0.717) is 0 Å². The van der Waals surface area contributed by atoms with Crippen molar-refractivity contribution in [3.63, 3.8) is 0 Å². The molecule has 2 aromatic heterocycles. The Kier molecular flexibility index (Phi) is 3.94. The number of furan rings is 2. The minimum absolute atomic E-state index is 0. The van der Waals surface area contributed by atoms with Crippen LogP contribution in [0.2, 0.25) is 0 Å². The fraction of sp³-hybridized carbons (Fsp3) is 0.200. The zero-order valence-corrected chi connectivity index (χ0v) is 14.6. The van der Waals surface area contributed by atoms with Crippen molar-refractivity contribution in [2.45, 2.75) is 12.6 Å². The van der Waals surface area contributed by atoms with Crippen LogP contribution in [0.4, 0.5) is 0 Å². The smallest absolute Gasteiger partial charge is 0.140 e. The number of nitrogens with zero attached hydrogens (tertiary/aromatic N) is 1. The first-order chi connectivity index (χ1) is 11.8. The molecule has 0 bridgehead atoms. The van der Waals surface area contributed by atoms with E-state index in [1.165, 1.54) is 0 Å². The van der Waals surface area contributed by atoms with Gasteiger partial charge in [-0.05, 0) is 37.4 Å². The van der Waals surface area contributed by atoms with E-state index in [1.54, 1.807) is 6.26 Å². The Morgan fingerprint density at radius 3 is 2.80 bits per heavy atom. The van der Waals surface area contributed by atoms with Gasteiger partial charge in [-0.2, -0.15) is 0 Å². The van der Waals surface area contributed by atoms with Crippen LogP contribution in [0.1, 0.15) is 17.4 Å². The molecular weight excluding hydrogens is 338 g/mol. The topological polar surface area (TPSA) is 38.8 Å². The lowest BCUT2D eigenvalue weighted by molar-refractivity contribution is 0.120. The minimum Gasteiger partial charge on any atom is -0.484 e. The van der Waals surface area contributed by atoms with Crippen LogP contribution in [-0.2, 0) is 6.54 Å². The second-order valence-electron chi connectivity index (χ2n) is 6.36. The first-order valence-corrected chi connectivity index (χ1v) is 8.11. The number of benzene rings is 2. The van der Waals surface area contributed by atoms with Gasteiger partial charge in [0.1, 0.15) is 28.8 Å². The van der Waals surface area contributed by atoms with Gasteiger partial charge in [0, 0.05) is 22.9 Å². The second-order valence-corrected chi connectivity index (χ2v) is 6.36. The third-order valence-electron chi connectivity index (χ3n) is 4.64. The molecule has 25 heavy (non-hydrogen) atoms. The maximum absolute atomic E-state index is 6.29. The molecule has 4 aromatic rings. The van der Waals surface area contributed by atoms with Gasteiger partial charge in [-0.25, -0.2) is 0 Å². The Morgan fingerprint density at radius 2 is 1.88 bits per heavy atom. The maximum atomic E-state index is 6.29. The lowest BCUT2D eigenvalue weighted by Crippen LogP contribution is -2.32. The minimum atomic E-state index is -0.0203. The molecule has 1 unspecified atom stereocenters. The summed E-state index contributed by atoms with van der Waals surface area (Å²) in [6, 6.07) is 16.1. The Balaban J connectivity index is 0.00000157. The molecule has 1 aliphatic rings. The SMILES string of the molecule is CN1Cc2occc2C(Oc2ccc3oc4ccccc4c3c2)C1.Cl. The van der Waals surface area contributed by atoms with Crippen LogP contribution in [0.3, 0.4) is 0 Å². The van der Waals surface area contributed by atoms with E-state index < -0.39 is 0 Å². The van der Waals surface area contributed by atoms with Crippen LogP contribution >= 0.6 is 12.4 Å². The molecule has 0 saturated carbocycles. The van der Waals surface area contributed by atoms with Crippen molar-refractivity contribution in [3.8, 4) is 5.75 Å². The summed E-state index contributed by atoms with van der Waals surface area (Å²) in [6.07, 6.45) is 1.72. The zero-order valence-electron chi connectivity index (χ0n) is 13.8. The number of likely N-dealkylation sites (N-methyl/N-ethyl adjacent to an activating group) is 1. The summed E-state index contributed by atoms with van der Waals surface area (Å²) in [5, 5.41) is 2.20. The van der Waals surface area contributed by atoms with Gasteiger partial charge in [0.15, 0.2) is 0 Å². The van der Waals surface area contributed by atoms with Crippen molar-refractivity contribution in [2.75, 3.05) is 13.6 Å². The van der Waals surface area contributed by atoms with E-state index in [1.807, 2.05) is 36.4 Å². The highest BCUT2D eigenvalue weighted by Crippen LogP contribution is 2.35. The summed E-state index contributed by atoms with van der Waals surface area (Å²) in [6.45, 7) is 1.67. The molecule has 0 aliphatic carbocycles. The summed E-state index contributed by atoms with van der Waals surface area (Å²) in [5.41, 5.74) is 2.93. The van der Waals surface area contributed by atoms with Crippen LogP contribution < -0.4 is 4.74 Å². The van der Waals surface area contributed by atoms with E-state index >= 15 is 0 Å². The normalized spacial score (nSPS) is 17.4. The summed E-state index contributed by atoms with van der Waals surface area (Å²) < 4.78 is 17.7. The first kappa shape index (κ1) is 16.1. The molecule has 128 valence electrons. The molecule has 0 fully saturated rings. The highest BCUT2D eigenvalue weighted by molar-refractivity contribution is 6.05.